The number of aromatic amines is 1. The van der Waals surface area contributed by atoms with Gasteiger partial charge in [0, 0.05) is 22.7 Å². The molecule has 0 spiro atoms. The average molecular weight is 362 g/mol. The van der Waals surface area contributed by atoms with Gasteiger partial charge in [-0.25, -0.2) is 4.98 Å². The first-order valence-electron chi connectivity index (χ1n) is 8.31. The van der Waals surface area contributed by atoms with E-state index in [1.165, 1.54) is 0 Å². The van der Waals surface area contributed by atoms with Crippen molar-refractivity contribution in [1.29, 1.82) is 0 Å². The van der Waals surface area contributed by atoms with Crippen molar-refractivity contribution in [2.45, 2.75) is 47.2 Å². The summed E-state index contributed by atoms with van der Waals surface area (Å²) in [6.07, 6.45) is 0. The molecule has 0 atom stereocenters. The lowest BCUT2D eigenvalue weighted by Gasteiger charge is -2.16. The molecule has 25 heavy (non-hydrogen) atoms. The number of nitrogens with one attached hydrogen (secondary N) is 2. The van der Waals surface area contributed by atoms with E-state index < -0.39 is 0 Å². The summed E-state index contributed by atoms with van der Waals surface area (Å²) in [4.78, 5) is 33.5. The van der Waals surface area contributed by atoms with Crippen LogP contribution in [0, 0.1) is 13.8 Å². The van der Waals surface area contributed by atoms with Gasteiger partial charge in [0.05, 0.1) is 24.5 Å². The fourth-order valence-corrected chi connectivity index (χ4v) is 3.80. The number of carbonyl (C=O) groups excluding carboxylic acids is 2. The van der Waals surface area contributed by atoms with Gasteiger partial charge in [-0.1, -0.05) is 0 Å². The molecule has 2 N–H and O–H groups in total. The minimum Gasteiger partial charge on any atom is -0.356 e. The van der Waals surface area contributed by atoms with E-state index in [0.717, 1.165) is 33.2 Å². The van der Waals surface area contributed by atoms with Crippen LogP contribution in [0.4, 0.5) is 0 Å². The molecule has 0 saturated heterocycles. The van der Waals surface area contributed by atoms with Crippen LogP contribution in [-0.2, 0) is 11.3 Å². The topological polar surface area (TPSA) is 78.1 Å². The van der Waals surface area contributed by atoms with Gasteiger partial charge in [0.25, 0.3) is 0 Å². The standard InChI is InChI=1S/C18H26N4O2S/c1-10(2)19-15(24)7-22(6)8-16-21-14(9-25-16)18-11(3)17(13(5)23)12(4)20-18/h9-10,20H,7-8H2,1-6H3,(H,19,24). The summed E-state index contributed by atoms with van der Waals surface area (Å²) in [6.45, 7) is 10.3. The van der Waals surface area contributed by atoms with Crippen molar-refractivity contribution in [3.63, 3.8) is 0 Å². The fraction of sp³-hybridized carbons (Fsp3) is 0.500. The zero-order valence-corrected chi connectivity index (χ0v) is 16.5. The third kappa shape index (κ3) is 4.76. The van der Waals surface area contributed by atoms with Gasteiger partial charge in [-0.15, -0.1) is 11.3 Å². The number of rotatable bonds is 7. The molecule has 0 bridgehead atoms. The Hall–Kier alpha value is -1.99. The lowest BCUT2D eigenvalue weighted by atomic mass is 10.1. The third-order valence-corrected chi connectivity index (χ3v) is 4.70. The molecule has 2 aromatic rings. The molecule has 0 aliphatic heterocycles. The van der Waals surface area contributed by atoms with Gasteiger partial charge in [0.1, 0.15) is 5.01 Å². The molecule has 2 heterocycles. The summed E-state index contributed by atoms with van der Waals surface area (Å²) >= 11 is 1.56. The summed E-state index contributed by atoms with van der Waals surface area (Å²) in [7, 11) is 1.90. The molecule has 2 rings (SSSR count). The maximum atomic E-state index is 11.8. The molecule has 2 aromatic heterocycles. The predicted octanol–water partition coefficient (Wildman–Crippen LogP) is 2.91. The molecule has 136 valence electrons. The molecule has 0 saturated carbocycles. The van der Waals surface area contributed by atoms with Crippen molar-refractivity contribution in [2.24, 2.45) is 0 Å². The average Bonchev–Trinajstić information content (AvgIpc) is 3.01. The van der Waals surface area contributed by atoms with Crippen molar-refractivity contribution < 1.29 is 9.59 Å². The minimum absolute atomic E-state index is 0.0104. The number of amides is 1. The van der Waals surface area contributed by atoms with Crippen LogP contribution < -0.4 is 5.32 Å². The van der Waals surface area contributed by atoms with E-state index in [0.29, 0.717) is 13.1 Å². The van der Waals surface area contributed by atoms with E-state index in [2.05, 4.69) is 15.3 Å². The Morgan fingerprint density at radius 1 is 1.36 bits per heavy atom. The number of aryl methyl sites for hydroxylation is 1. The van der Waals surface area contributed by atoms with Crippen LogP contribution >= 0.6 is 11.3 Å². The molecule has 0 aromatic carbocycles. The highest BCUT2D eigenvalue weighted by Gasteiger charge is 2.18. The molecule has 6 nitrogen and oxygen atoms in total. The van der Waals surface area contributed by atoms with Crippen LogP contribution in [0.2, 0.25) is 0 Å². The first-order valence-corrected chi connectivity index (χ1v) is 9.19. The monoisotopic (exact) mass is 362 g/mol. The van der Waals surface area contributed by atoms with Gasteiger partial charge in [-0.05, 0) is 47.2 Å². The van der Waals surface area contributed by atoms with E-state index in [4.69, 9.17) is 0 Å². The SMILES string of the molecule is CC(=O)c1c(C)[nH]c(-c2csc(CN(C)CC(=O)NC(C)C)n2)c1C. The summed E-state index contributed by atoms with van der Waals surface area (Å²) in [6, 6.07) is 0.141. The molecule has 0 aliphatic rings. The number of hydrogen-bond donors (Lipinski definition) is 2. The normalized spacial score (nSPS) is 11.4. The quantitative estimate of drug-likeness (QED) is 0.743. The Labute approximate surface area is 152 Å². The summed E-state index contributed by atoms with van der Waals surface area (Å²) in [5.41, 5.74) is 4.29. The van der Waals surface area contributed by atoms with Crippen molar-refractivity contribution >= 4 is 23.0 Å². The number of carbonyl (C=O) groups is 2. The lowest BCUT2D eigenvalue weighted by molar-refractivity contribution is -0.122. The summed E-state index contributed by atoms with van der Waals surface area (Å²) in [5.74, 6) is 0.0695. The van der Waals surface area contributed by atoms with E-state index in [1.54, 1.807) is 18.3 Å². The maximum Gasteiger partial charge on any atom is 0.234 e. The van der Waals surface area contributed by atoms with Gasteiger partial charge in [-0.3, -0.25) is 14.5 Å². The maximum absolute atomic E-state index is 11.8. The van der Waals surface area contributed by atoms with Gasteiger partial charge in [0.15, 0.2) is 5.78 Å². The fourth-order valence-electron chi connectivity index (χ4n) is 2.93. The van der Waals surface area contributed by atoms with E-state index >= 15 is 0 Å². The Balaban J connectivity index is 2.09. The van der Waals surface area contributed by atoms with Crippen molar-refractivity contribution in [2.75, 3.05) is 13.6 Å². The van der Waals surface area contributed by atoms with E-state index in [-0.39, 0.29) is 17.7 Å². The van der Waals surface area contributed by atoms with Crippen LogP contribution in [0.3, 0.4) is 0 Å². The first-order chi connectivity index (χ1) is 11.7. The van der Waals surface area contributed by atoms with Gasteiger partial charge >= 0.3 is 0 Å². The largest absolute Gasteiger partial charge is 0.356 e. The highest BCUT2D eigenvalue weighted by atomic mass is 32.1. The number of likely N-dealkylation sites (N-methyl/N-ethyl adjacent to an activating group) is 1. The summed E-state index contributed by atoms with van der Waals surface area (Å²) in [5, 5.41) is 5.80. The van der Waals surface area contributed by atoms with Crippen LogP contribution in [-0.4, -0.2) is 46.2 Å². The lowest BCUT2D eigenvalue weighted by Crippen LogP contribution is -2.38. The zero-order valence-electron chi connectivity index (χ0n) is 15.7. The number of H-pyrrole nitrogens is 1. The first kappa shape index (κ1) is 19.3. The van der Waals surface area contributed by atoms with Crippen LogP contribution in [0.15, 0.2) is 5.38 Å². The van der Waals surface area contributed by atoms with Crippen LogP contribution in [0.5, 0.6) is 0 Å². The van der Waals surface area contributed by atoms with Crippen molar-refractivity contribution in [1.82, 2.24) is 20.2 Å². The molecule has 0 radical (unpaired) electrons. The molecular weight excluding hydrogens is 336 g/mol. The van der Waals surface area contributed by atoms with Gasteiger partial charge in [0.2, 0.25) is 5.91 Å². The molecule has 0 fully saturated rings. The Morgan fingerprint density at radius 3 is 2.60 bits per heavy atom. The van der Waals surface area contributed by atoms with E-state index in [1.807, 2.05) is 45.0 Å². The van der Waals surface area contributed by atoms with Gasteiger partial charge < -0.3 is 10.3 Å². The third-order valence-electron chi connectivity index (χ3n) is 3.87. The number of thiazole rings is 1. The molecular formula is C18H26N4O2S. The second-order valence-corrected chi connectivity index (χ2v) is 7.64. The van der Waals surface area contributed by atoms with Crippen LogP contribution in [0.25, 0.3) is 11.4 Å². The predicted molar refractivity (Wildman–Crippen MR) is 101 cm³/mol. The smallest absolute Gasteiger partial charge is 0.234 e. The molecule has 0 aliphatic carbocycles. The molecule has 0 unspecified atom stereocenters. The second-order valence-electron chi connectivity index (χ2n) is 6.70. The number of aromatic nitrogens is 2. The number of nitrogens with zero attached hydrogens (tertiary/aromatic N) is 2. The van der Waals surface area contributed by atoms with Crippen LogP contribution in [0.1, 0.15) is 47.4 Å². The molecule has 1 amide bonds. The second kappa shape index (κ2) is 7.93. The van der Waals surface area contributed by atoms with Gasteiger partial charge in [-0.2, -0.15) is 0 Å². The van der Waals surface area contributed by atoms with E-state index in [9.17, 15) is 9.59 Å². The number of hydrogen-bond acceptors (Lipinski definition) is 5. The number of ketones is 1. The minimum atomic E-state index is 0.0104. The number of Topliss-reactive ketones (excluding diaryl/α,β-unsaturated/α-hetero) is 1. The van der Waals surface area contributed by atoms with Crippen molar-refractivity contribution in [3.8, 4) is 11.4 Å². The Morgan fingerprint density at radius 2 is 2.04 bits per heavy atom. The highest BCUT2D eigenvalue weighted by molar-refractivity contribution is 7.09. The summed E-state index contributed by atoms with van der Waals surface area (Å²) < 4.78 is 0. The zero-order chi connectivity index (χ0) is 18.7. The van der Waals surface area contributed by atoms with Crippen molar-refractivity contribution in [3.05, 3.63) is 27.2 Å². The Bertz CT molecular complexity index is 776. The Kier molecular flexibility index (Phi) is 6.13. The molecule has 7 heteroatoms. The highest BCUT2D eigenvalue weighted by Crippen LogP contribution is 2.29.